The first-order valence-corrected chi connectivity index (χ1v) is 7.23. The van der Waals surface area contributed by atoms with Gasteiger partial charge in [-0.05, 0) is 24.1 Å². The summed E-state index contributed by atoms with van der Waals surface area (Å²) in [5.74, 6) is 0.565. The summed E-state index contributed by atoms with van der Waals surface area (Å²) in [6.45, 7) is 6.32. The smallest absolute Gasteiger partial charge is 0.239 e. The van der Waals surface area contributed by atoms with Crippen LogP contribution in [0.2, 0.25) is 5.02 Å². The molecule has 0 radical (unpaired) electrons. The predicted molar refractivity (Wildman–Crippen MR) is 85.3 cm³/mol. The fraction of sp³-hybridized carbons (Fsp3) is 0.533. The fourth-order valence-corrected chi connectivity index (χ4v) is 2.34. The summed E-state index contributed by atoms with van der Waals surface area (Å²) < 4.78 is 0. The molecule has 0 heterocycles. The van der Waals surface area contributed by atoms with Gasteiger partial charge in [0, 0.05) is 20.6 Å². The molecule has 0 aliphatic carbocycles. The molecule has 0 fully saturated rings. The maximum atomic E-state index is 11.5. The van der Waals surface area contributed by atoms with Crippen LogP contribution in [0.25, 0.3) is 0 Å². The van der Waals surface area contributed by atoms with E-state index in [9.17, 15) is 4.79 Å². The van der Waals surface area contributed by atoms with Crippen molar-refractivity contribution in [2.45, 2.75) is 20.4 Å². The number of anilines is 1. The van der Waals surface area contributed by atoms with Gasteiger partial charge >= 0.3 is 0 Å². The van der Waals surface area contributed by atoms with Crippen molar-refractivity contribution in [2.75, 3.05) is 32.1 Å². The first-order chi connectivity index (χ1) is 9.45. The van der Waals surface area contributed by atoms with Gasteiger partial charge in [0.1, 0.15) is 0 Å². The van der Waals surface area contributed by atoms with Crippen molar-refractivity contribution in [2.24, 2.45) is 5.92 Å². The molecule has 0 aromatic heterocycles. The first kappa shape index (κ1) is 16.8. The van der Waals surface area contributed by atoms with Gasteiger partial charge in [0.25, 0.3) is 0 Å². The van der Waals surface area contributed by atoms with E-state index in [1.54, 1.807) is 7.05 Å². The van der Waals surface area contributed by atoms with Crippen LogP contribution in [0.4, 0.5) is 5.69 Å². The normalized spacial score (nSPS) is 10.7. The Balaban J connectivity index is 2.84. The van der Waals surface area contributed by atoms with Crippen molar-refractivity contribution in [1.82, 2.24) is 10.6 Å². The summed E-state index contributed by atoms with van der Waals surface area (Å²) >= 11 is 6.29. The van der Waals surface area contributed by atoms with Gasteiger partial charge in [0.15, 0.2) is 0 Å². The summed E-state index contributed by atoms with van der Waals surface area (Å²) in [5.41, 5.74) is 2.01. The lowest BCUT2D eigenvalue weighted by Crippen LogP contribution is -2.34. The molecule has 0 bridgehead atoms. The van der Waals surface area contributed by atoms with Crippen LogP contribution >= 0.6 is 11.6 Å². The molecule has 4 nitrogen and oxygen atoms in total. The van der Waals surface area contributed by atoms with Crippen LogP contribution < -0.4 is 15.5 Å². The van der Waals surface area contributed by atoms with Crippen LogP contribution in [0.5, 0.6) is 0 Å². The third kappa shape index (κ3) is 5.02. The number of nitrogens with one attached hydrogen (secondary N) is 2. The lowest BCUT2D eigenvalue weighted by atomic mass is 10.1. The standard InChI is InChI=1S/C15H24ClN3O/c1-11(2)8-18-9-12-6-5-7-13(16)15(12)19(4)10-14(20)17-3/h5-7,11,18H,8-10H2,1-4H3,(H,17,20). The van der Waals surface area contributed by atoms with Crippen LogP contribution in [0, 0.1) is 5.92 Å². The molecule has 2 N–H and O–H groups in total. The van der Waals surface area contributed by atoms with Gasteiger partial charge in [-0.25, -0.2) is 0 Å². The molecule has 0 aliphatic rings. The molecule has 0 atom stereocenters. The van der Waals surface area contributed by atoms with Gasteiger partial charge in [0.05, 0.1) is 17.3 Å². The second-order valence-corrected chi connectivity index (χ2v) is 5.71. The van der Waals surface area contributed by atoms with E-state index < -0.39 is 0 Å². The van der Waals surface area contributed by atoms with E-state index in [1.165, 1.54) is 0 Å². The Kier molecular flexibility index (Phi) is 6.82. The first-order valence-electron chi connectivity index (χ1n) is 6.85. The maximum absolute atomic E-state index is 11.5. The van der Waals surface area contributed by atoms with Gasteiger partial charge in [0.2, 0.25) is 5.91 Å². The minimum Gasteiger partial charge on any atom is -0.364 e. The van der Waals surface area contributed by atoms with Crippen LogP contribution in [-0.4, -0.2) is 33.1 Å². The summed E-state index contributed by atoms with van der Waals surface area (Å²) in [7, 11) is 3.51. The highest BCUT2D eigenvalue weighted by Gasteiger charge is 2.13. The Morgan fingerprint density at radius 3 is 2.70 bits per heavy atom. The summed E-state index contributed by atoms with van der Waals surface area (Å²) in [6, 6.07) is 5.82. The third-order valence-corrected chi connectivity index (χ3v) is 3.28. The van der Waals surface area contributed by atoms with Gasteiger partial charge in [-0.15, -0.1) is 0 Å². The topological polar surface area (TPSA) is 44.4 Å². The molecule has 1 aromatic rings. The molecule has 0 saturated heterocycles. The van der Waals surface area contributed by atoms with Gasteiger partial charge in [-0.2, -0.15) is 0 Å². The quantitative estimate of drug-likeness (QED) is 0.811. The van der Waals surface area contributed by atoms with Crippen molar-refractivity contribution in [3.63, 3.8) is 0 Å². The molecule has 112 valence electrons. The third-order valence-electron chi connectivity index (χ3n) is 2.98. The SMILES string of the molecule is CNC(=O)CN(C)c1c(Cl)cccc1CNCC(C)C. The zero-order chi connectivity index (χ0) is 15.1. The van der Waals surface area contributed by atoms with Gasteiger partial charge in [-0.1, -0.05) is 37.6 Å². The number of halogens is 1. The van der Waals surface area contributed by atoms with E-state index in [0.717, 1.165) is 24.3 Å². The number of rotatable bonds is 7. The minimum absolute atomic E-state index is 0.0338. The van der Waals surface area contributed by atoms with Crippen molar-refractivity contribution in [1.29, 1.82) is 0 Å². The number of amides is 1. The number of benzene rings is 1. The monoisotopic (exact) mass is 297 g/mol. The number of hydrogen-bond acceptors (Lipinski definition) is 3. The molecular weight excluding hydrogens is 274 g/mol. The van der Waals surface area contributed by atoms with Crippen LogP contribution in [-0.2, 0) is 11.3 Å². The molecule has 1 rings (SSSR count). The highest BCUT2D eigenvalue weighted by Crippen LogP contribution is 2.29. The van der Waals surface area contributed by atoms with Crippen molar-refractivity contribution >= 4 is 23.2 Å². The average molecular weight is 298 g/mol. The Hall–Kier alpha value is -1.26. The lowest BCUT2D eigenvalue weighted by Gasteiger charge is -2.23. The van der Waals surface area contributed by atoms with Crippen LogP contribution in [0.3, 0.4) is 0 Å². The molecular formula is C15H24ClN3O. The van der Waals surface area contributed by atoms with E-state index in [0.29, 0.717) is 10.9 Å². The number of hydrogen-bond donors (Lipinski definition) is 2. The average Bonchev–Trinajstić information content (AvgIpc) is 2.38. The summed E-state index contributed by atoms with van der Waals surface area (Å²) in [4.78, 5) is 13.4. The highest BCUT2D eigenvalue weighted by atomic mass is 35.5. The Morgan fingerprint density at radius 2 is 2.10 bits per heavy atom. The second-order valence-electron chi connectivity index (χ2n) is 5.30. The Bertz CT molecular complexity index is 449. The van der Waals surface area contributed by atoms with Crippen molar-refractivity contribution < 1.29 is 4.79 Å². The fourth-order valence-electron chi connectivity index (χ4n) is 2.00. The molecule has 0 unspecified atom stereocenters. The number of nitrogens with zero attached hydrogens (tertiary/aromatic N) is 1. The number of carbonyl (C=O) groups is 1. The van der Waals surface area contributed by atoms with Crippen molar-refractivity contribution in [3.8, 4) is 0 Å². The predicted octanol–water partition coefficient (Wildman–Crippen LogP) is 2.27. The van der Waals surface area contributed by atoms with E-state index in [2.05, 4.69) is 24.5 Å². The molecule has 0 saturated carbocycles. The van der Waals surface area contributed by atoms with E-state index in [-0.39, 0.29) is 12.5 Å². The highest BCUT2D eigenvalue weighted by molar-refractivity contribution is 6.33. The Morgan fingerprint density at radius 1 is 1.40 bits per heavy atom. The zero-order valence-electron chi connectivity index (χ0n) is 12.7. The summed E-state index contributed by atoms with van der Waals surface area (Å²) in [5, 5.41) is 6.70. The van der Waals surface area contributed by atoms with Crippen LogP contribution in [0.1, 0.15) is 19.4 Å². The summed E-state index contributed by atoms with van der Waals surface area (Å²) in [6.07, 6.45) is 0. The Labute approximate surface area is 126 Å². The molecule has 0 aliphatic heterocycles. The largest absolute Gasteiger partial charge is 0.364 e. The van der Waals surface area contributed by atoms with Crippen LogP contribution in [0.15, 0.2) is 18.2 Å². The second kappa shape index (κ2) is 8.12. The van der Waals surface area contributed by atoms with Gasteiger partial charge in [-0.3, -0.25) is 4.79 Å². The minimum atomic E-state index is -0.0338. The maximum Gasteiger partial charge on any atom is 0.239 e. The van der Waals surface area contributed by atoms with E-state index in [1.807, 2.05) is 30.1 Å². The van der Waals surface area contributed by atoms with E-state index >= 15 is 0 Å². The lowest BCUT2D eigenvalue weighted by molar-refractivity contribution is -0.119. The van der Waals surface area contributed by atoms with E-state index in [4.69, 9.17) is 11.6 Å². The number of carbonyl (C=O) groups excluding carboxylic acids is 1. The van der Waals surface area contributed by atoms with Crippen molar-refractivity contribution in [3.05, 3.63) is 28.8 Å². The molecule has 1 aromatic carbocycles. The zero-order valence-corrected chi connectivity index (χ0v) is 13.4. The molecule has 5 heteroatoms. The number of likely N-dealkylation sites (N-methyl/N-ethyl adjacent to an activating group) is 2. The number of para-hydroxylation sites is 1. The molecule has 1 amide bonds. The molecule has 0 spiro atoms. The molecule has 20 heavy (non-hydrogen) atoms. The van der Waals surface area contributed by atoms with Gasteiger partial charge < -0.3 is 15.5 Å².